The van der Waals surface area contributed by atoms with E-state index in [1.807, 2.05) is 0 Å². The Morgan fingerprint density at radius 3 is 2.79 bits per heavy atom. The Kier molecular flexibility index (Phi) is 4.45. The normalized spacial score (nSPS) is 43.7. The Bertz CT molecular complexity index is 282. The minimum Gasteiger partial charge on any atom is -0.374 e. The van der Waals surface area contributed by atoms with Crippen molar-refractivity contribution in [2.75, 3.05) is 19.7 Å². The summed E-state index contributed by atoms with van der Waals surface area (Å²) in [6.07, 6.45) is 10.8. The van der Waals surface area contributed by atoms with Crippen LogP contribution < -0.4 is 10.6 Å². The SMILES string of the molecule is CC1(CNC2CCCCC2C2CCCN2)CCCO1. The lowest BCUT2D eigenvalue weighted by molar-refractivity contribution is 0.0149. The lowest BCUT2D eigenvalue weighted by Gasteiger charge is -2.38. The molecule has 0 radical (unpaired) electrons. The highest BCUT2D eigenvalue weighted by Crippen LogP contribution is 2.31. The first-order chi connectivity index (χ1) is 9.27. The summed E-state index contributed by atoms with van der Waals surface area (Å²) in [5.74, 6) is 0.848. The summed E-state index contributed by atoms with van der Waals surface area (Å²) in [7, 11) is 0. The van der Waals surface area contributed by atoms with Crippen molar-refractivity contribution in [1.82, 2.24) is 10.6 Å². The van der Waals surface area contributed by atoms with Crippen LogP contribution in [0.3, 0.4) is 0 Å². The third kappa shape index (κ3) is 3.32. The minimum absolute atomic E-state index is 0.102. The van der Waals surface area contributed by atoms with Gasteiger partial charge >= 0.3 is 0 Å². The van der Waals surface area contributed by atoms with Crippen molar-refractivity contribution in [3.05, 3.63) is 0 Å². The molecule has 0 aromatic rings. The molecule has 1 aliphatic carbocycles. The second-order valence-electron chi connectivity index (χ2n) is 7.04. The van der Waals surface area contributed by atoms with Crippen LogP contribution in [0, 0.1) is 5.92 Å². The van der Waals surface area contributed by atoms with Crippen molar-refractivity contribution in [2.24, 2.45) is 5.92 Å². The van der Waals surface area contributed by atoms with Crippen molar-refractivity contribution in [3.8, 4) is 0 Å². The molecule has 110 valence electrons. The summed E-state index contributed by atoms with van der Waals surface area (Å²) < 4.78 is 5.91. The summed E-state index contributed by atoms with van der Waals surface area (Å²) in [6, 6.07) is 1.49. The van der Waals surface area contributed by atoms with E-state index in [4.69, 9.17) is 4.74 Å². The van der Waals surface area contributed by atoms with Gasteiger partial charge in [0, 0.05) is 25.2 Å². The molecule has 3 heteroatoms. The predicted molar refractivity (Wildman–Crippen MR) is 78.4 cm³/mol. The van der Waals surface area contributed by atoms with Gasteiger partial charge in [0.05, 0.1) is 5.60 Å². The van der Waals surface area contributed by atoms with Crippen LogP contribution >= 0.6 is 0 Å². The molecule has 1 saturated carbocycles. The van der Waals surface area contributed by atoms with E-state index in [2.05, 4.69) is 17.6 Å². The molecule has 0 amide bonds. The molecule has 2 heterocycles. The van der Waals surface area contributed by atoms with Crippen molar-refractivity contribution >= 4 is 0 Å². The van der Waals surface area contributed by atoms with Gasteiger partial charge in [-0.2, -0.15) is 0 Å². The molecule has 3 rings (SSSR count). The zero-order valence-corrected chi connectivity index (χ0v) is 12.4. The van der Waals surface area contributed by atoms with Gasteiger partial charge in [-0.15, -0.1) is 0 Å². The molecule has 4 atom stereocenters. The van der Waals surface area contributed by atoms with Crippen LogP contribution in [-0.2, 0) is 4.74 Å². The summed E-state index contributed by atoms with van der Waals surface area (Å²) >= 11 is 0. The summed E-state index contributed by atoms with van der Waals surface area (Å²) in [6.45, 7) is 5.50. The van der Waals surface area contributed by atoms with Gasteiger partial charge in [-0.25, -0.2) is 0 Å². The zero-order valence-electron chi connectivity index (χ0n) is 12.4. The van der Waals surface area contributed by atoms with E-state index >= 15 is 0 Å². The molecule has 0 spiro atoms. The molecule has 0 aromatic heterocycles. The van der Waals surface area contributed by atoms with Gasteiger partial charge in [-0.1, -0.05) is 12.8 Å². The van der Waals surface area contributed by atoms with Gasteiger partial charge in [-0.3, -0.25) is 0 Å². The van der Waals surface area contributed by atoms with Crippen LogP contribution in [0.4, 0.5) is 0 Å². The van der Waals surface area contributed by atoms with Crippen LogP contribution in [0.15, 0.2) is 0 Å². The van der Waals surface area contributed by atoms with Gasteiger partial charge < -0.3 is 15.4 Å². The third-order valence-electron chi connectivity index (χ3n) is 5.47. The van der Waals surface area contributed by atoms with Crippen molar-refractivity contribution in [1.29, 1.82) is 0 Å². The molecular weight excluding hydrogens is 236 g/mol. The number of nitrogens with one attached hydrogen (secondary N) is 2. The van der Waals surface area contributed by atoms with Gasteiger partial charge in [0.2, 0.25) is 0 Å². The van der Waals surface area contributed by atoms with Crippen LogP contribution in [0.5, 0.6) is 0 Å². The smallest absolute Gasteiger partial charge is 0.0779 e. The van der Waals surface area contributed by atoms with Crippen LogP contribution in [-0.4, -0.2) is 37.4 Å². The first kappa shape index (κ1) is 13.8. The monoisotopic (exact) mass is 266 g/mol. The van der Waals surface area contributed by atoms with E-state index in [1.54, 1.807) is 0 Å². The Morgan fingerprint density at radius 1 is 1.16 bits per heavy atom. The number of hydrogen-bond acceptors (Lipinski definition) is 3. The maximum atomic E-state index is 5.91. The molecule has 2 saturated heterocycles. The van der Waals surface area contributed by atoms with E-state index in [0.29, 0.717) is 6.04 Å². The average Bonchev–Trinajstić information content (AvgIpc) is 3.09. The Labute approximate surface area is 117 Å². The molecule has 3 aliphatic rings. The first-order valence-electron chi connectivity index (χ1n) is 8.38. The van der Waals surface area contributed by atoms with Crippen LogP contribution in [0.2, 0.25) is 0 Å². The van der Waals surface area contributed by atoms with Crippen LogP contribution in [0.25, 0.3) is 0 Å². The Morgan fingerprint density at radius 2 is 2.05 bits per heavy atom. The maximum Gasteiger partial charge on any atom is 0.0779 e. The quantitative estimate of drug-likeness (QED) is 0.820. The van der Waals surface area contributed by atoms with Crippen molar-refractivity contribution < 1.29 is 4.74 Å². The summed E-state index contributed by atoms with van der Waals surface area (Å²) in [5, 5.41) is 7.59. The molecular formula is C16H30N2O. The number of hydrogen-bond donors (Lipinski definition) is 2. The fraction of sp³-hybridized carbons (Fsp3) is 1.00. The molecule has 2 aliphatic heterocycles. The highest BCUT2D eigenvalue weighted by Gasteiger charge is 2.35. The van der Waals surface area contributed by atoms with Gasteiger partial charge in [-0.05, 0) is 57.9 Å². The number of ether oxygens (including phenoxy) is 1. The fourth-order valence-electron chi connectivity index (χ4n) is 4.29. The van der Waals surface area contributed by atoms with Crippen LogP contribution in [0.1, 0.15) is 58.3 Å². The lowest BCUT2D eigenvalue weighted by Crippen LogP contribution is -2.50. The molecule has 4 unspecified atom stereocenters. The zero-order chi connectivity index (χ0) is 13.1. The predicted octanol–water partition coefficient (Wildman–Crippen LogP) is 2.46. The van der Waals surface area contributed by atoms with E-state index in [-0.39, 0.29) is 5.60 Å². The summed E-state index contributed by atoms with van der Waals surface area (Å²) in [5.41, 5.74) is 0.102. The molecule has 3 fully saturated rings. The van der Waals surface area contributed by atoms with E-state index in [9.17, 15) is 0 Å². The third-order valence-corrected chi connectivity index (χ3v) is 5.47. The number of rotatable bonds is 4. The first-order valence-corrected chi connectivity index (χ1v) is 8.38. The van der Waals surface area contributed by atoms with E-state index < -0.39 is 0 Å². The highest BCUT2D eigenvalue weighted by molar-refractivity contribution is 4.93. The standard InChI is InChI=1S/C16H30N2O/c1-16(9-5-11-19-16)12-18-15-7-3-2-6-13(15)14-8-4-10-17-14/h13-15,17-18H,2-12H2,1H3. The Hall–Kier alpha value is -0.120. The molecule has 0 bridgehead atoms. The van der Waals surface area contributed by atoms with Crippen molar-refractivity contribution in [2.45, 2.75) is 76.0 Å². The average molecular weight is 266 g/mol. The van der Waals surface area contributed by atoms with Gasteiger partial charge in [0.1, 0.15) is 0 Å². The lowest BCUT2D eigenvalue weighted by atomic mass is 9.79. The minimum atomic E-state index is 0.102. The maximum absolute atomic E-state index is 5.91. The fourth-order valence-corrected chi connectivity index (χ4v) is 4.29. The van der Waals surface area contributed by atoms with Gasteiger partial charge in [0.25, 0.3) is 0 Å². The molecule has 0 aromatic carbocycles. The molecule has 2 N–H and O–H groups in total. The van der Waals surface area contributed by atoms with E-state index in [0.717, 1.165) is 25.1 Å². The second-order valence-corrected chi connectivity index (χ2v) is 7.04. The van der Waals surface area contributed by atoms with Gasteiger partial charge in [0.15, 0.2) is 0 Å². The topological polar surface area (TPSA) is 33.3 Å². The molecule has 19 heavy (non-hydrogen) atoms. The molecule has 3 nitrogen and oxygen atoms in total. The van der Waals surface area contributed by atoms with E-state index in [1.165, 1.54) is 57.9 Å². The second kappa shape index (κ2) is 6.11. The van der Waals surface area contributed by atoms with Crippen molar-refractivity contribution in [3.63, 3.8) is 0 Å². The highest BCUT2D eigenvalue weighted by atomic mass is 16.5. The Balaban J connectivity index is 1.54. The largest absolute Gasteiger partial charge is 0.374 e. The summed E-state index contributed by atoms with van der Waals surface area (Å²) in [4.78, 5) is 0.